The summed E-state index contributed by atoms with van der Waals surface area (Å²) < 4.78 is 14.0. The van der Waals surface area contributed by atoms with Crippen LogP contribution in [0.25, 0.3) is 5.69 Å². The summed E-state index contributed by atoms with van der Waals surface area (Å²) in [7, 11) is 0. The summed E-state index contributed by atoms with van der Waals surface area (Å²) in [4.78, 5) is 22.0. The van der Waals surface area contributed by atoms with Crippen LogP contribution in [0.3, 0.4) is 0 Å². The first kappa shape index (κ1) is 13.0. The van der Waals surface area contributed by atoms with E-state index in [2.05, 4.69) is 5.10 Å². The van der Waals surface area contributed by atoms with Gasteiger partial charge in [0.15, 0.2) is 5.69 Å². The van der Waals surface area contributed by atoms with Crippen LogP contribution in [0.1, 0.15) is 20.8 Å². The Labute approximate surface area is 110 Å². The number of hydrogen-bond donors (Lipinski definition) is 2. The lowest BCUT2D eigenvalue weighted by molar-refractivity contribution is 0.0646. The molecule has 0 aliphatic rings. The van der Waals surface area contributed by atoms with E-state index in [4.69, 9.17) is 21.8 Å². The Bertz CT molecular complexity index is 663. The smallest absolute Gasteiger partial charge is 0.355 e. The largest absolute Gasteiger partial charge is 0.478 e. The second kappa shape index (κ2) is 4.69. The third-order valence-electron chi connectivity index (χ3n) is 2.29. The molecule has 0 radical (unpaired) electrons. The van der Waals surface area contributed by atoms with Crippen LogP contribution in [0.2, 0.25) is 5.02 Å². The number of halogens is 2. The summed E-state index contributed by atoms with van der Waals surface area (Å²) in [5.41, 5.74) is -1.04. The van der Waals surface area contributed by atoms with E-state index in [1.165, 1.54) is 6.07 Å². The van der Waals surface area contributed by atoms with Crippen LogP contribution in [-0.2, 0) is 0 Å². The van der Waals surface area contributed by atoms with Crippen molar-refractivity contribution in [1.82, 2.24) is 9.78 Å². The van der Waals surface area contributed by atoms with E-state index in [1.54, 1.807) is 0 Å². The number of aromatic nitrogens is 2. The summed E-state index contributed by atoms with van der Waals surface area (Å²) in [5, 5.41) is 21.6. The number of aromatic carboxylic acids is 2. The Morgan fingerprint density at radius 1 is 1.21 bits per heavy atom. The third-order valence-corrected chi connectivity index (χ3v) is 2.51. The average Bonchev–Trinajstić information content (AvgIpc) is 2.71. The molecule has 1 heterocycles. The molecule has 0 aliphatic carbocycles. The standard InChI is InChI=1S/C11H6ClFN2O4/c12-5-1-6(13)3-7(2-5)15-9(11(18)19)8(4-14-15)10(16)17/h1-4H,(H,16,17)(H,18,19). The second-order valence-corrected chi connectivity index (χ2v) is 3.99. The lowest BCUT2D eigenvalue weighted by atomic mass is 10.2. The first-order valence-corrected chi connectivity index (χ1v) is 5.29. The van der Waals surface area contributed by atoms with Crippen LogP contribution in [0.15, 0.2) is 24.4 Å². The fourth-order valence-electron chi connectivity index (χ4n) is 1.57. The highest BCUT2D eigenvalue weighted by molar-refractivity contribution is 6.30. The summed E-state index contributed by atoms with van der Waals surface area (Å²) in [5.74, 6) is -3.62. The van der Waals surface area contributed by atoms with E-state index in [0.717, 1.165) is 23.0 Å². The molecular weight excluding hydrogens is 279 g/mol. The summed E-state index contributed by atoms with van der Waals surface area (Å²) in [6, 6.07) is 3.31. The molecule has 0 fully saturated rings. The predicted octanol–water partition coefficient (Wildman–Crippen LogP) is 2.06. The van der Waals surface area contributed by atoms with E-state index in [9.17, 15) is 14.0 Å². The first-order chi connectivity index (χ1) is 8.90. The predicted molar refractivity (Wildman–Crippen MR) is 62.5 cm³/mol. The molecule has 2 N–H and O–H groups in total. The van der Waals surface area contributed by atoms with Crippen LogP contribution >= 0.6 is 11.6 Å². The molecule has 0 aliphatic heterocycles. The van der Waals surface area contributed by atoms with Gasteiger partial charge in [-0.1, -0.05) is 11.6 Å². The van der Waals surface area contributed by atoms with Gasteiger partial charge in [-0.3, -0.25) is 0 Å². The summed E-state index contributed by atoms with van der Waals surface area (Å²) in [6.07, 6.45) is 0.880. The molecule has 0 saturated heterocycles. The zero-order valence-corrected chi connectivity index (χ0v) is 9.93. The molecule has 6 nitrogen and oxygen atoms in total. The number of rotatable bonds is 3. The highest BCUT2D eigenvalue weighted by atomic mass is 35.5. The van der Waals surface area contributed by atoms with Gasteiger partial charge in [-0.25, -0.2) is 18.7 Å². The average molecular weight is 285 g/mol. The Kier molecular flexibility index (Phi) is 3.22. The van der Waals surface area contributed by atoms with E-state index in [0.29, 0.717) is 0 Å². The van der Waals surface area contributed by atoms with Gasteiger partial charge in [-0.15, -0.1) is 0 Å². The number of carbonyl (C=O) groups is 2. The molecule has 2 rings (SSSR count). The molecule has 0 unspecified atom stereocenters. The van der Waals surface area contributed by atoms with Gasteiger partial charge >= 0.3 is 11.9 Å². The van der Waals surface area contributed by atoms with Gasteiger partial charge in [0, 0.05) is 5.02 Å². The fraction of sp³-hybridized carbons (Fsp3) is 0. The van der Waals surface area contributed by atoms with Gasteiger partial charge in [-0.05, 0) is 18.2 Å². The van der Waals surface area contributed by atoms with Gasteiger partial charge < -0.3 is 10.2 Å². The van der Waals surface area contributed by atoms with Crippen molar-refractivity contribution in [3.8, 4) is 5.69 Å². The van der Waals surface area contributed by atoms with Gasteiger partial charge in [-0.2, -0.15) is 5.10 Å². The molecule has 0 spiro atoms. The molecule has 0 amide bonds. The minimum absolute atomic E-state index is 0.0231. The maximum atomic E-state index is 13.2. The van der Waals surface area contributed by atoms with Crippen LogP contribution < -0.4 is 0 Å². The molecular formula is C11H6ClFN2O4. The van der Waals surface area contributed by atoms with E-state index in [-0.39, 0.29) is 10.7 Å². The maximum absolute atomic E-state index is 13.2. The second-order valence-electron chi connectivity index (χ2n) is 3.56. The normalized spacial score (nSPS) is 10.4. The number of nitrogens with zero attached hydrogens (tertiary/aromatic N) is 2. The minimum atomic E-state index is -1.49. The van der Waals surface area contributed by atoms with Crippen molar-refractivity contribution >= 4 is 23.5 Å². The summed E-state index contributed by atoms with van der Waals surface area (Å²) in [6.45, 7) is 0. The first-order valence-electron chi connectivity index (χ1n) is 4.91. The van der Waals surface area contributed by atoms with E-state index >= 15 is 0 Å². The monoisotopic (exact) mass is 284 g/mol. The molecule has 0 saturated carbocycles. The van der Waals surface area contributed by atoms with Crippen LogP contribution in [-0.4, -0.2) is 31.9 Å². The number of carboxylic acid groups (broad SMARTS) is 2. The zero-order chi connectivity index (χ0) is 14.2. The van der Waals surface area contributed by atoms with Gasteiger partial charge in [0.2, 0.25) is 0 Å². The van der Waals surface area contributed by atoms with Gasteiger partial charge in [0.05, 0.1) is 11.9 Å². The molecule has 0 atom stereocenters. The zero-order valence-electron chi connectivity index (χ0n) is 9.17. The fourth-order valence-corrected chi connectivity index (χ4v) is 1.78. The molecule has 0 bridgehead atoms. The van der Waals surface area contributed by atoms with Crippen molar-refractivity contribution < 1.29 is 24.2 Å². The minimum Gasteiger partial charge on any atom is -0.478 e. The molecule has 1 aromatic carbocycles. The Morgan fingerprint density at radius 2 is 1.89 bits per heavy atom. The third kappa shape index (κ3) is 2.41. The van der Waals surface area contributed by atoms with Crippen molar-refractivity contribution in [1.29, 1.82) is 0 Å². The lowest BCUT2D eigenvalue weighted by Crippen LogP contribution is -2.12. The molecule has 2 aromatic rings. The Hall–Kier alpha value is -2.41. The van der Waals surface area contributed by atoms with Crippen LogP contribution in [0, 0.1) is 5.82 Å². The maximum Gasteiger partial charge on any atom is 0.355 e. The Morgan fingerprint density at radius 3 is 2.42 bits per heavy atom. The lowest BCUT2D eigenvalue weighted by Gasteiger charge is -2.05. The molecule has 8 heteroatoms. The SMILES string of the molecule is O=C(O)c1cnn(-c2cc(F)cc(Cl)c2)c1C(=O)O. The van der Waals surface area contributed by atoms with E-state index < -0.39 is 29.0 Å². The van der Waals surface area contributed by atoms with Crippen molar-refractivity contribution in [2.24, 2.45) is 0 Å². The van der Waals surface area contributed by atoms with Gasteiger partial charge in [0.25, 0.3) is 0 Å². The summed E-state index contributed by atoms with van der Waals surface area (Å²) >= 11 is 5.66. The number of benzene rings is 1. The molecule has 1 aromatic heterocycles. The highest BCUT2D eigenvalue weighted by Crippen LogP contribution is 2.20. The highest BCUT2D eigenvalue weighted by Gasteiger charge is 2.23. The van der Waals surface area contributed by atoms with Crippen molar-refractivity contribution in [2.45, 2.75) is 0 Å². The van der Waals surface area contributed by atoms with Crippen LogP contribution in [0.4, 0.5) is 4.39 Å². The van der Waals surface area contributed by atoms with Crippen molar-refractivity contribution in [3.05, 3.63) is 46.5 Å². The quantitative estimate of drug-likeness (QED) is 0.900. The van der Waals surface area contributed by atoms with Crippen molar-refractivity contribution in [3.63, 3.8) is 0 Å². The topological polar surface area (TPSA) is 92.4 Å². The molecule has 19 heavy (non-hydrogen) atoms. The van der Waals surface area contributed by atoms with Crippen LogP contribution in [0.5, 0.6) is 0 Å². The van der Waals surface area contributed by atoms with Crippen molar-refractivity contribution in [2.75, 3.05) is 0 Å². The number of hydrogen-bond acceptors (Lipinski definition) is 3. The molecule has 98 valence electrons. The van der Waals surface area contributed by atoms with E-state index in [1.807, 2.05) is 0 Å². The Balaban J connectivity index is 2.69. The van der Waals surface area contributed by atoms with Gasteiger partial charge in [0.1, 0.15) is 11.4 Å². The number of carboxylic acids is 2.